The van der Waals surface area contributed by atoms with Crippen LogP contribution in [0, 0.1) is 13.8 Å². The number of nitrogens with one attached hydrogen (secondary N) is 2. The van der Waals surface area contributed by atoms with Gasteiger partial charge in [0.1, 0.15) is 11.5 Å². The predicted octanol–water partition coefficient (Wildman–Crippen LogP) is 4.37. The molecule has 0 bridgehead atoms. The van der Waals surface area contributed by atoms with E-state index in [-0.39, 0.29) is 23.5 Å². The van der Waals surface area contributed by atoms with Crippen LogP contribution in [0.5, 0.6) is 11.5 Å². The summed E-state index contributed by atoms with van der Waals surface area (Å²) in [5.74, 6) is 0.827. The van der Waals surface area contributed by atoms with Gasteiger partial charge in [0.15, 0.2) is 6.61 Å². The van der Waals surface area contributed by atoms with E-state index in [0.717, 1.165) is 11.1 Å². The van der Waals surface area contributed by atoms with E-state index in [1.807, 2.05) is 50.2 Å². The van der Waals surface area contributed by atoms with Crippen molar-refractivity contribution in [1.29, 1.82) is 0 Å². The highest BCUT2D eigenvalue weighted by Crippen LogP contribution is 2.25. The second-order valence-corrected chi connectivity index (χ2v) is 9.40. The van der Waals surface area contributed by atoms with Crippen LogP contribution in [0.2, 0.25) is 0 Å². The summed E-state index contributed by atoms with van der Waals surface area (Å²) >= 11 is 0. The maximum atomic E-state index is 12.7. The summed E-state index contributed by atoms with van der Waals surface area (Å²) in [5.41, 5.74) is 2.99. The van der Waals surface area contributed by atoms with Crippen LogP contribution in [0.4, 0.5) is 5.69 Å². The molecule has 8 heteroatoms. The molecule has 0 aromatic heterocycles. The number of benzene rings is 3. The summed E-state index contributed by atoms with van der Waals surface area (Å²) in [5, 5.41) is 2.88. The Kier molecular flexibility index (Phi) is 7.60. The summed E-state index contributed by atoms with van der Waals surface area (Å²) < 4.78 is 38.9. The van der Waals surface area contributed by atoms with Crippen LogP contribution in [0.3, 0.4) is 0 Å². The lowest BCUT2D eigenvalue weighted by molar-refractivity contribution is -0.123. The number of carbonyl (C=O) groups is 1. The van der Waals surface area contributed by atoms with Gasteiger partial charge >= 0.3 is 0 Å². The minimum Gasteiger partial charge on any atom is -0.496 e. The van der Waals surface area contributed by atoms with Gasteiger partial charge in [0, 0.05) is 11.3 Å². The molecule has 0 heterocycles. The minimum atomic E-state index is -3.75. The van der Waals surface area contributed by atoms with E-state index >= 15 is 0 Å². The van der Waals surface area contributed by atoms with E-state index in [1.54, 1.807) is 32.2 Å². The van der Waals surface area contributed by atoms with Crippen LogP contribution >= 0.6 is 0 Å². The molecule has 0 saturated heterocycles. The van der Waals surface area contributed by atoms with E-state index in [9.17, 15) is 13.2 Å². The largest absolute Gasteiger partial charge is 0.496 e. The first-order valence-electron chi connectivity index (χ1n) is 10.4. The fraction of sp³-hybridized carbons (Fsp3) is 0.240. The average molecular weight is 469 g/mol. The number of para-hydroxylation sites is 1. The summed E-state index contributed by atoms with van der Waals surface area (Å²) in [6.45, 7) is 5.32. The molecule has 0 fully saturated rings. The lowest BCUT2D eigenvalue weighted by Gasteiger charge is -2.18. The lowest BCUT2D eigenvalue weighted by atomic mass is 10.1. The highest BCUT2D eigenvalue weighted by molar-refractivity contribution is 7.92. The van der Waals surface area contributed by atoms with Crippen molar-refractivity contribution in [1.82, 2.24) is 5.32 Å². The number of carbonyl (C=O) groups excluding carboxylic acids is 1. The average Bonchev–Trinajstić information content (AvgIpc) is 2.79. The first kappa shape index (κ1) is 24.1. The Labute approximate surface area is 194 Å². The second-order valence-electron chi connectivity index (χ2n) is 7.72. The standard InChI is InChI=1S/C25H28N2O5S/c1-17-9-11-20(12-10-17)27-33(29,30)21-13-14-23(18(2)15-21)32-16-25(28)26-19(3)22-7-5-6-8-24(22)31-4/h5-15,19,27H,16H2,1-4H3,(H,26,28). The molecule has 3 aromatic carbocycles. The van der Waals surface area contributed by atoms with Crippen molar-refractivity contribution in [2.24, 2.45) is 0 Å². The first-order chi connectivity index (χ1) is 15.7. The normalized spacial score (nSPS) is 12.0. The quantitative estimate of drug-likeness (QED) is 0.486. The van der Waals surface area contributed by atoms with Crippen molar-refractivity contribution in [3.8, 4) is 11.5 Å². The second kappa shape index (κ2) is 10.4. The number of anilines is 1. The van der Waals surface area contributed by atoms with Gasteiger partial charge in [-0.15, -0.1) is 0 Å². The molecule has 1 unspecified atom stereocenters. The van der Waals surface area contributed by atoms with E-state index in [0.29, 0.717) is 22.7 Å². The van der Waals surface area contributed by atoms with Gasteiger partial charge in [-0.3, -0.25) is 9.52 Å². The Morgan fingerprint density at radius 3 is 2.33 bits per heavy atom. The Hall–Kier alpha value is -3.52. The van der Waals surface area contributed by atoms with E-state index in [1.165, 1.54) is 12.1 Å². The molecule has 1 amide bonds. The molecule has 0 saturated carbocycles. The maximum Gasteiger partial charge on any atom is 0.261 e. The van der Waals surface area contributed by atoms with E-state index in [4.69, 9.17) is 9.47 Å². The monoisotopic (exact) mass is 468 g/mol. The SMILES string of the molecule is COc1ccccc1C(C)NC(=O)COc1ccc(S(=O)(=O)Nc2ccc(C)cc2)cc1C. The molecule has 7 nitrogen and oxygen atoms in total. The van der Waals surface area contributed by atoms with Crippen LogP contribution in [0.15, 0.2) is 71.6 Å². The zero-order valence-corrected chi connectivity index (χ0v) is 19.9. The number of hydrogen-bond donors (Lipinski definition) is 2. The molecule has 2 N–H and O–H groups in total. The minimum absolute atomic E-state index is 0.113. The number of ether oxygens (including phenoxy) is 2. The Balaban J connectivity index is 1.62. The van der Waals surface area contributed by atoms with Crippen molar-refractivity contribution in [3.63, 3.8) is 0 Å². The van der Waals surface area contributed by atoms with Crippen molar-refractivity contribution >= 4 is 21.6 Å². The molecule has 1 atom stereocenters. The molecule has 0 aliphatic heterocycles. The summed E-state index contributed by atoms with van der Waals surface area (Å²) in [6, 6.07) is 18.8. The fourth-order valence-corrected chi connectivity index (χ4v) is 4.46. The molecule has 3 aromatic rings. The van der Waals surface area contributed by atoms with Crippen LogP contribution < -0.4 is 19.5 Å². The van der Waals surface area contributed by atoms with Gasteiger partial charge in [-0.25, -0.2) is 8.42 Å². The third-order valence-corrected chi connectivity index (χ3v) is 6.48. The topological polar surface area (TPSA) is 93.7 Å². The number of aryl methyl sites for hydroxylation is 2. The predicted molar refractivity (Wildman–Crippen MR) is 128 cm³/mol. The molecule has 0 radical (unpaired) electrons. The Morgan fingerprint density at radius 2 is 1.67 bits per heavy atom. The van der Waals surface area contributed by atoms with Crippen molar-refractivity contribution in [3.05, 3.63) is 83.4 Å². The molecule has 0 aliphatic rings. The number of rotatable bonds is 9. The van der Waals surface area contributed by atoms with Crippen molar-refractivity contribution < 1.29 is 22.7 Å². The van der Waals surface area contributed by atoms with Gasteiger partial charge in [0.25, 0.3) is 15.9 Å². The zero-order chi connectivity index (χ0) is 24.0. The number of methoxy groups -OCH3 is 1. The van der Waals surface area contributed by atoms with Crippen LogP contribution in [-0.4, -0.2) is 28.0 Å². The van der Waals surface area contributed by atoms with Crippen LogP contribution in [-0.2, 0) is 14.8 Å². The maximum absolute atomic E-state index is 12.7. The van der Waals surface area contributed by atoms with Gasteiger partial charge in [0.05, 0.1) is 18.0 Å². The van der Waals surface area contributed by atoms with Crippen molar-refractivity contribution in [2.45, 2.75) is 31.7 Å². The first-order valence-corrected chi connectivity index (χ1v) is 11.9. The Morgan fingerprint density at radius 1 is 0.970 bits per heavy atom. The fourth-order valence-electron chi connectivity index (χ4n) is 3.32. The lowest BCUT2D eigenvalue weighted by Crippen LogP contribution is -2.31. The van der Waals surface area contributed by atoms with Crippen LogP contribution in [0.25, 0.3) is 0 Å². The van der Waals surface area contributed by atoms with Gasteiger partial charge in [-0.1, -0.05) is 35.9 Å². The third kappa shape index (κ3) is 6.26. The number of amides is 1. The smallest absolute Gasteiger partial charge is 0.261 e. The van der Waals surface area contributed by atoms with E-state index in [2.05, 4.69) is 10.0 Å². The Bertz CT molecular complexity index is 1220. The number of hydrogen-bond acceptors (Lipinski definition) is 5. The third-order valence-electron chi connectivity index (χ3n) is 5.10. The summed E-state index contributed by atoms with van der Waals surface area (Å²) in [6.07, 6.45) is 0. The van der Waals surface area contributed by atoms with E-state index < -0.39 is 10.0 Å². The van der Waals surface area contributed by atoms with Gasteiger partial charge in [0.2, 0.25) is 0 Å². The molecule has 0 aliphatic carbocycles. The molecule has 174 valence electrons. The number of sulfonamides is 1. The molecule has 3 rings (SSSR count). The van der Waals surface area contributed by atoms with Gasteiger partial charge in [-0.2, -0.15) is 0 Å². The summed E-state index contributed by atoms with van der Waals surface area (Å²) in [4.78, 5) is 12.5. The highest BCUT2D eigenvalue weighted by Gasteiger charge is 2.17. The summed E-state index contributed by atoms with van der Waals surface area (Å²) in [7, 11) is -2.16. The van der Waals surface area contributed by atoms with Crippen molar-refractivity contribution in [2.75, 3.05) is 18.4 Å². The van der Waals surface area contributed by atoms with Gasteiger partial charge in [-0.05, 0) is 62.7 Å². The highest BCUT2D eigenvalue weighted by atomic mass is 32.2. The molecule has 0 spiro atoms. The van der Waals surface area contributed by atoms with Gasteiger partial charge < -0.3 is 14.8 Å². The van der Waals surface area contributed by atoms with Crippen LogP contribution in [0.1, 0.15) is 29.7 Å². The molecular formula is C25H28N2O5S. The molecule has 33 heavy (non-hydrogen) atoms. The zero-order valence-electron chi connectivity index (χ0n) is 19.1. The molecular weight excluding hydrogens is 440 g/mol.